The van der Waals surface area contributed by atoms with Crippen LogP contribution in [0.25, 0.3) is 11.1 Å². The molecule has 1 atom stereocenters. The lowest BCUT2D eigenvalue weighted by Gasteiger charge is -2.05. The topological polar surface area (TPSA) is 89.6 Å². The highest BCUT2D eigenvalue weighted by atomic mass is 32.1. The molecule has 1 aromatic heterocycles. The third kappa shape index (κ3) is 2.93. The normalized spacial score (nSPS) is 12.3. The molecule has 1 N–H and O–H groups in total. The Kier molecular flexibility index (Phi) is 4.29. The molecule has 0 aliphatic carbocycles. The second-order valence-corrected chi connectivity index (χ2v) is 4.52. The first-order chi connectivity index (χ1) is 9.52. The summed E-state index contributed by atoms with van der Waals surface area (Å²) in [6.45, 7) is 2.29. The zero-order valence-corrected chi connectivity index (χ0v) is 11.6. The van der Waals surface area contributed by atoms with Gasteiger partial charge >= 0.3 is 5.97 Å². The number of carbonyl (C=O) groups excluding carboxylic acids is 1. The Balaban J connectivity index is 2.46. The van der Waals surface area contributed by atoms with Crippen molar-refractivity contribution in [1.82, 2.24) is 4.98 Å². The van der Waals surface area contributed by atoms with Gasteiger partial charge in [0, 0.05) is 0 Å². The standard InChI is InChI=1S/C13H13NO5S/c1-2-18-9-5-3-4-8-11(9)19-12(14-8)7(13(17)20)6-10(15)16/h3-5,7H,2,6H2,1H3,(H,15,16)(H,17,20). The number of hydrogen-bond donors (Lipinski definition) is 2. The maximum Gasteiger partial charge on any atom is 0.304 e. The summed E-state index contributed by atoms with van der Waals surface area (Å²) in [5.41, 5.74) is 0.908. The molecule has 0 aliphatic heterocycles. The molecule has 2 aromatic rings. The molecule has 0 amide bonds. The van der Waals surface area contributed by atoms with Gasteiger partial charge in [-0.2, -0.15) is 0 Å². The van der Waals surface area contributed by atoms with Crippen LogP contribution in [-0.2, 0) is 9.59 Å². The van der Waals surface area contributed by atoms with Gasteiger partial charge in [-0.15, -0.1) is 12.6 Å². The van der Waals surface area contributed by atoms with Crippen molar-refractivity contribution in [3.05, 3.63) is 24.1 Å². The molecule has 0 aliphatic rings. The van der Waals surface area contributed by atoms with Gasteiger partial charge in [0.25, 0.3) is 0 Å². The maximum atomic E-state index is 11.4. The fourth-order valence-corrected chi connectivity index (χ4v) is 2.02. The van der Waals surface area contributed by atoms with Gasteiger partial charge in [-0.05, 0) is 19.1 Å². The van der Waals surface area contributed by atoms with Crippen LogP contribution in [0.5, 0.6) is 5.75 Å². The molecule has 2 rings (SSSR count). The van der Waals surface area contributed by atoms with Crippen molar-refractivity contribution in [2.45, 2.75) is 19.3 Å². The molecule has 1 heterocycles. The quantitative estimate of drug-likeness (QED) is 0.794. The van der Waals surface area contributed by atoms with Crippen molar-refractivity contribution in [3.8, 4) is 5.75 Å². The van der Waals surface area contributed by atoms with Gasteiger partial charge in [-0.1, -0.05) is 6.07 Å². The molecule has 0 saturated heterocycles. The van der Waals surface area contributed by atoms with Gasteiger partial charge in [0.2, 0.25) is 5.89 Å². The number of aliphatic carboxylic acids is 1. The second kappa shape index (κ2) is 5.96. The summed E-state index contributed by atoms with van der Waals surface area (Å²) in [6, 6.07) is 5.16. The van der Waals surface area contributed by atoms with E-state index in [4.69, 9.17) is 14.3 Å². The van der Waals surface area contributed by atoms with Crippen molar-refractivity contribution in [2.75, 3.05) is 6.61 Å². The summed E-state index contributed by atoms with van der Waals surface area (Å²) >= 11 is 3.69. The molecular formula is C13H13NO5S. The smallest absolute Gasteiger partial charge is 0.304 e. The first-order valence-corrected chi connectivity index (χ1v) is 6.44. The van der Waals surface area contributed by atoms with E-state index in [1.807, 2.05) is 6.92 Å². The van der Waals surface area contributed by atoms with Gasteiger partial charge in [-0.3, -0.25) is 9.59 Å². The molecule has 0 fully saturated rings. The number of carbonyl (C=O) groups is 2. The monoisotopic (exact) mass is 295 g/mol. The highest BCUT2D eigenvalue weighted by molar-refractivity contribution is 7.96. The fourth-order valence-electron chi connectivity index (χ4n) is 1.81. The number of oxazole rings is 1. The average molecular weight is 295 g/mol. The van der Waals surface area contributed by atoms with E-state index >= 15 is 0 Å². The molecule has 106 valence electrons. The van der Waals surface area contributed by atoms with Gasteiger partial charge in [0.15, 0.2) is 16.4 Å². The molecule has 0 saturated carbocycles. The summed E-state index contributed by atoms with van der Waals surface area (Å²) in [5.74, 6) is -1.60. The van der Waals surface area contributed by atoms with Crippen LogP contribution in [0, 0.1) is 0 Å². The van der Waals surface area contributed by atoms with E-state index in [9.17, 15) is 9.59 Å². The van der Waals surface area contributed by atoms with Crippen LogP contribution in [0.2, 0.25) is 0 Å². The van der Waals surface area contributed by atoms with Gasteiger partial charge in [-0.25, -0.2) is 4.98 Å². The fraction of sp³-hybridized carbons (Fsp3) is 0.308. The SMILES string of the molecule is CCOc1cccc2nc(C(CC(=O)O)C(=O)S)oc12. The second-order valence-electron chi connectivity index (χ2n) is 4.08. The predicted octanol–water partition coefficient (Wildman–Crippen LogP) is 2.24. The summed E-state index contributed by atoms with van der Waals surface area (Å²) in [5, 5.41) is 8.23. The summed E-state index contributed by atoms with van der Waals surface area (Å²) < 4.78 is 10.9. The van der Waals surface area contributed by atoms with Crippen LogP contribution >= 0.6 is 12.6 Å². The lowest BCUT2D eigenvalue weighted by atomic mass is 10.1. The Morgan fingerprint density at radius 1 is 1.50 bits per heavy atom. The summed E-state index contributed by atoms with van der Waals surface area (Å²) in [6.07, 6.45) is -0.418. The number of benzene rings is 1. The zero-order chi connectivity index (χ0) is 14.7. The van der Waals surface area contributed by atoms with Crippen molar-refractivity contribution in [2.24, 2.45) is 0 Å². The lowest BCUT2D eigenvalue weighted by molar-refractivity contribution is -0.138. The van der Waals surface area contributed by atoms with Crippen molar-refractivity contribution in [3.63, 3.8) is 0 Å². The Bertz CT molecular complexity index is 651. The molecule has 6 nitrogen and oxygen atoms in total. The molecule has 0 bridgehead atoms. The largest absolute Gasteiger partial charge is 0.490 e. The zero-order valence-electron chi connectivity index (χ0n) is 10.7. The van der Waals surface area contributed by atoms with E-state index in [0.29, 0.717) is 23.5 Å². The van der Waals surface area contributed by atoms with Gasteiger partial charge in [0.1, 0.15) is 11.4 Å². The Morgan fingerprint density at radius 2 is 2.25 bits per heavy atom. The highest BCUT2D eigenvalue weighted by Crippen LogP contribution is 2.31. The molecular weight excluding hydrogens is 282 g/mol. The number of nitrogens with zero attached hydrogens (tertiary/aromatic N) is 1. The molecule has 7 heteroatoms. The van der Waals surface area contributed by atoms with Crippen LogP contribution < -0.4 is 4.74 Å². The van der Waals surface area contributed by atoms with Crippen LogP contribution in [0.4, 0.5) is 0 Å². The first kappa shape index (κ1) is 14.4. The summed E-state index contributed by atoms with van der Waals surface area (Å²) in [4.78, 5) is 26.4. The number of aromatic nitrogens is 1. The van der Waals surface area contributed by atoms with Crippen molar-refractivity contribution >= 4 is 34.8 Å². The number of carboxylic acids is 1. The Morgan fingerprint density at radius 3 is 2.85 bits per heavy atom. The minimum absolute atomic E-state index is 0.0366. The Labute approximate surface area is 120 Å². The molecule has 1 unspecified atom stereocenters. The minimum Gasteiger partial charge on any atom is -0.490 e. The number of ether oxygens (including phenoxy) is 1. The van der Waals surface area contributed by atoms with Crippen molar-refractivity contribution in [1.29, 1.82) is 0 Å². The number of carboxylic acid groups (broad SMARTS) is 1. The molecule has 0 spiro atoms. The van der Waals surface area contributed by atoms with Crippen LogP contribution in [0.15, 0.2) is 22.6 Å². The Hall–Kier alpha value is -2.02. The van der Waals surface area contributed by atoms with E-state index in [-0.39, 0.29) is 5.89 Å². The van der Waals surface area contributed by atoms with E-state index in [0.717, 1.165) is 0 Å². The van der Waals surface area contributed by atoms with E-state index in [1.54, 1.807) is 18.2 Å². The molecule has 1 aromatic carbocycles. The maximum absolute atomic E-state index is 11.4. The van der Waals surface area contributed by atoms with Gasteiger partial charge < -0.3 is 14.3 Å². The van der Waals surface area contributed by atoms with E-state index in [1.165, 1.54) is 0 Å². The number of fused-ring (bicyclic) bond motifs is 1. The van der Waals surface area contributed by atoms with Crippen LogP contribution in [0.3, 0.4) is 0 Å². The van der Waals surface area contributed by atoms with Crippen LogP contribution in [0.1, 0.15) is 25.2 Å². The van der Waals surface area contributed by atoms with Gasteiger partial charge in [0.05, 0.1) is 13.0 Å². The lowest BCUT2D eigenvalue weighted by Crippen LogP contribution is -2.12. The van der Waals surface area contributed by atoms with Crippen molar-refractivity contribution < 1.29 is 23.8 Å². The summed E-state index contributed by atoms with van der Waals surface area (Å²) in [7, 11) is 0. The minimum atomic E-state index is -1.12. The van der Waals surface area contributed by atoms with E-state index < -0.39 is 23.4 Å². The third-order valence-electron chi connectivity index (χ3n) is 2.67. The predicted molar refractivity (Wildman–Crippen MR) is 74.2 cm³/mol. The number of thiol groups is 1. The number of hydrogen-bond acceptors (Lipinski definition) is 5. The van der Waals surface area contributed by atoms with Crippen LogP contribution in [-0.4, -0.2) is 27.8 Å². The third-order valence-corrected chi connectivity index (χ3v) is 2.98. The highest BCUT2D eigenvalue weighted by Gasteiger charge is 2.27. The molecule has 0 radical (unpaired) electrons. The molecule has 20 heavy (non-hydrogen) atoms. The average Bonchev–Trinajstić information content (AvgIpc) is 2.80. The number of para-hydroxylation sites is 1. The first-order valence-electron chi connectivity index (χ1n) is 5.99. The van der Waals surface area contributed by atoms with E-state index in [2.05, 4.69) is 17.6 Å². The number of rotatable bonds is 6.